The Balaban J connectivity index is 2.01. The summed E-state index contributed by atoms with van der Waals surface area (Å²) in [5, 5.41) is 0. The van der Waals surface area contributed by atoms with Crippen LogP contribution in [0.4, 0.5) is 24.5 Å². The Morgan fingerprint density at radius 1 is 1.10 bits per heavy atom. The van der Waals surface area contributed by atoms with E-state index < -0.39 is 11.7 Å². The van der Waals surface area contributed by atoms with Crippen molar-refractivity contribution in [3.05, 3.63) is 59.2 Å². The number of alkyl halides is 3. The van der Waals surface area contributed by atoms with Crippen molar-refractivity contribution in [3.63, 3.8) is 0 Å². The number of hydrogen-bond acceptors (Lipinski definition) is 2. The molecule has 0 atom stereocenters. The van der Waals surface area contributed by atoms with Crippen LogP contribution in [0.3, 0.4) is 0 Å². The number of carbonyl (C=O) groups excluding carboxylic acids is 1. The van der Waals surface area contributed by atoms with Gasteiger partial charge in [-0.1, -0.05) is 12.1 Å². The van der Waals surface area contributed by atoms with E-state index in [9.17, 15) is 18.0 Å². The molecule has 0 aliphatic carbocycles. The third kappa shape index (κ3) is 2.22. The molecule has 1 amide bonds. The summed E-state index contributed by atoms with van der Waals surface area (Å²) in [4.78, 5) is 13.6. The van der Waals surface area contributed by atoms with Crippen molar-refractivity contribution in [2.24, 2.45) is 0 Å². The molecule has 0 fully saturated rings. The third-order valence-electron chi connectivity index (χ3n) is 3.49. The van der Waals surface area contributed by atoms with E-state index in [4.69, 9.17) is 5.73 Å². The standard InChI is InChI=1S/C15H11F3N2O/c16-15(17,18)9-3-1-4-10(7-9)20-8-12-11(14(20)21)5-2-6-13(12)19/h1-7H,8,19H2. The molecule has 1 aliphatic heterocycles. The lowest BCUT2D eigenvalue weighted by Crippen LogP contribution is -2.23. The second-order valence-corrected chi connectivity index (χ2v) is 4.81. The van der Waals surface area contributed by atoms with Gasteiger partial charge in [0.2, 0.25) is 0 Å². The van der Waals surface area contributed by atoms with Gasteiger partial charge in [0, 0.05) is 22.5 Å². The average Bonchev–Trinajstić information content (AvgIpc) is 2.77. The van der Waals surface area contributed by atoms with Gasteiger partial charge in [-0.25, -0.2) is 0 Å². The molecular formula is C15H11F3N2O. The van der Waals surface area contributed by atoms with E-state index in [-0.39, 0.29) is 18.1 Å². The minimum atomic E-state index is -4.44. The van der Waals surface area contributed by atoms with E-state index in [1.807, 2.05) is 0 Å². The van der Waals surface area contributed by atoms with Crippen LogP contribution in [0, 0.1) is 0 Å². The van der Waals surface area contributed by atoms with E-state index in [0.29, 0.717) is 16.8 Å². The molecule has 6 heteroatoms. The van der Waals surface area contributed by atoms with E-state index in [0.717, 1.165) is 12.1 Å². The maximum absolute atomic E-state index is 12.8. The van der Waals surface area contributed by atoms with E-state index in [1.165, 1.54) is 17.0 Å². The molecule has 0 radical (unpaired) electrons. The monoisotopic (exact) mass is 292 g/mol. The fourth-order valence-electron chi connectivity index (χ4n) is 2.42. The van der Waals surface area contributed by atoms with Gasteiger partial charge in [0.05, 0.1) is 12.1 Å². The van der Waals surface area contributed by atoms with Gasteiger partial charge in [-0.15, -0.1) is 0 Å². The molecule has 2 N–H and O–H groups in total. The molecule has 108 valence electrons. The summed E-state index contributed by atoms with van der Waals surface area (Å²) in [6.07, 6.45) is -4.44. The molecule has 1 heterocycles. The van der Waals surface area contributed by atoms with Crippen molar-refractivity contribution in [3.8, 4) is 0 Å². The largest absolute Gasteiger partial charge is 0.416 e. The van der Waals surface area contributed by atoms with Crippen molar-refractivity contribution < 1.29 is 18.0 Å². The number of benzene rings is 2. The molecule has 3 nitrogen and oxygen atoms in total. The molecule has 0 aromatic heterocycles. The fourth-order valence-corrected chi connectivity index (χ4v) is 2.42. The second kappa shape index (κ2) is 4.51. The SMILES string of the molecule is Nc1cccc2c1CN(c1cccc(C(F)(F)F)c1)C2=O. The van der Waals surface area contributed by atoms with Gasteiger partial charge in [0.15, 0.2) is 0 Å². The number of amides is 1. The maximum atomic E-state index is 12.8. The van der Waals surface area contributed by atoms with Gasteiger partial charge in [-0.3, -0.25) is 4.79 Å². The number of hydrogen-bond donors (Lipinski definition) is 1. The second-order valence-electron chi connectivity index (χ2n) is 4.81. The zero-order valence-electron chi connectivity index (χ0n) is 10.8. The number of rotatable bonds is 1. The number of fused-ring (bicyclic) bond motifs is 1. The van der Waals surface area contributed by atoms with Crippen LogP contribution in [0.25, 0.3) is 0 Å². The first-order valence-electron chi connectivity index (χ1n) is 6.24. The van der Waals surface area contributed by atoms with Gasteiger partial charge in [-0.2, -0.15) is 13.2 Å². The molecule has 0 spiro atoms. The van der Waals surface area contributed by atoms with Crippen LogP contribution < -0.4 is 10.6 Å². The van der Waals surface area contributed by atoms with E-state index >= 15 is 0 Å². The Morgan fingerprint density at radius 2 is 1.81 bits per heavy atom. The first-order valence-corrected chi connectivity index (χ1v) is 6.24. The van der Waals surface area contributed by atoms with Crippen LogP contribution in [-0.4, -0.2) is 5.91 Å². The number of nitrogen functional groups attached to an aromatic ring is 1. The van der Waals surface area contributed by atoms with Crippen LogP contribution in [0.15, 0.2) is 42.5 Å². The summed E-state index contributed by atoms with van der Waals surface area (Å²) in [6.45, 7) is 0.183. The number of halogens is 3. The van der Waals surface area contributed by atoms with Gasteiger partial charge < -0.3 is 10.6 Å². The van der Waals surface area contributed by atoms with Crippen LogP contribution in [0.5, 0.6) is 0 Å². The molecule has 0 unspecified atom stereocenters. The highest BCUT2D eigenvalue weighted by Crippen LogP contribution is 2.35. The number of nitrogens with two attached hydrogens (primary N) is 1. The number of nitrogens with zero attached hydrogens (tertiary/aromatic N) is 1. The molecule has 0 bridgehead atoms. The average molecular weight is 292 g/mol. The Hall–Kier alpha value is -2.50. The smallest absolute Gasteiger partial charge is 0.398 e. The van der Waals surface area contributed by atoms with Crippen LogP contribution >= 0.6 is 0 Å². The minimum absolute atomic E-state index is 0.183. The molecule has 21 heavy (non-hydrogen) atoms. The third-order valence-corrected chi connectivity index (χ3v) is 3.49. The molecule has 0 saturated carbocycles. The fraction of sp³-hybridized carbons (Fsp3) is 0.133. The number of anilines is 2. The summed E-state index contributed by atoms with van der Waals surface area (Å²) in [6, 6.07) is 9.67. The summed E-state index contributed by atoms with van der Waals surface area (Å²) in [5.41, 5.74) is 6.81. The molecular weight excluding hydrogens is 281 g/mol. The van der Waals surface area contributed by atoms with Crippen molar-refractivity contribution in [1.29, 1.82) is 0 Å². The highest BCUT2D eigenvalue weighted by atomic mass is 19.4. The highest BCUT2D eigenvalue weighted by molar-refractivity contribution is 6.11. The Morgan fingerprint density at radius 3 is 2.48 bits per heavy atom. The lowest BCUT2D eigenvalue weighted by Gasteiger charge is -2.17. The molecule has 2 aromatic carbocycles. The molecule has 2 aromatic rings. The molecule has 1 aliphatic rings. The van der Waals surface area contributed by atoms with Gasteiger partial charge >= 0.3 is 6.18 Å². The highest BCUT2D eigenvalue weighted by Gasteiger charge is 2.33. The minimum Gasteiger partial charge on any atom is -0.398 e. The Bertz CT molecular complexity index is 725. The van der Waals surface area contributed by atoms with E-state index in [1.54, 1.807) is 18.2 Å². The van der Waals surface area contributed by atoms with Crippen molar-refractivity contribution in [1.82, 2.24) is 0 Å². The molecule has 3 rings (SSSR count). The van der Waals surface area contributed by atoms with Crippen molar-refractivity contribution in [2.75, 3.05) is 10.6 Å². The topological polar surface area (TPSA) is 46.3 Å². The Labute approximate surface area is 118 Å². The van der Waals surface area contributed by atoms with Crippen LogP contribution in [0.1, 0.15) is 21.5 Å². The summed E-state index contributed by atoms with van der Waals surface area (Å²) in [5.74, 6) is -0.336. The van der Waals surface area contributed by atoms with Crippen molar-refractivity contribution in [2.45, 2.75) is 12.7 Å². The van der Waals surface area contributed by atoms with Crippen LogP contribution in [-0.2, 0) is 12.7 Å². The van der Waals surface area contributed by atoms with Crippen molar-refractivity contribution >= 4 is 17.3 Å². The lowest BCUT2D eigenvalue weighted by atomic mass is 10.1. The summed E-state index contributed by atoms with van der Waals surface area (Å²) < 4.78 is 38.3. The first-order chi connectivity index (χ1) is 9.88. The first kappa shape index (κ1) is 13.5. The number of carbonyl (C=O) groups is 1. The Kier molecular flexibility index (Phi) is 2.90. The summed E-state index contributed by atoms with van der Waals surface area (Å²) >= 11 is 0. The normalized spacial score (nSPS) is 14.4. The van der Waals surface area contributed by atoms with Crippen LogP contribution in [0.2, 0.25) is 0 Å². The quantitative estimate of drug-likeness (QED) is 0.818. The maximum Gasteiger partial charge on any atom is 0.416 e. The van der Waals surface area contributed by atoms with E-state index in [2.05, 4.69) is 0 Å². The zero-order valence-corrected chi connectivity index (χ0v) is 10.8. The van der Waals surface area contributed by atoms with Gasteiger partial charge in [0.25, 0.3) is 5.91 Å². The predicted octanol–water partition coefficient (Wildman–Crippen LogP) is 3.45. The van der Waals surface area contributed by atoms with Gasteiger partial charge in [-0.05, 0) is 30.3 Å². The predicted molar refractivity (Wildman–Crippen MR) is 72.8 cm³/mol. The zero-order chi connectivity index (χ0) is 15.2. The lowest BCUT2D eigenvalue weighted by molar-refractivity contribution is -0.137. The summed E-state index contributed by atoms with van der Waals surface area (Å²) in [7, 11) is 0. The molecule has 0 saturated heterocycles. The van der Waals surface area contributed by atoms with Gasteiger partial charge in [0.1, 0.15) is 0 Å².